The molecule has 0 aliphatic heterocycles. The van der Waals surface area contributed by atoms with E-state index >= 15 is 0 Å². The fourth-order valence-corrected chi connectivity index (χ4v) is 7.01. The maximum Gasteiger partial charge on any atom is 0.143 e. The third kappa shape index (κ3) is 4.83. The Morgan fingerprint density at radius 2 is 0.854 bits per heavy atom. The van der Waals surface area contributed by atoms with Gasteiger partial charge < -0.3 is 9.32 Å². The summed E-state index contributed by atoms with van der Waals surface area (Å²) in [6, 6.07) is 66.8. The zero-order valence-corrected chi connectivity index (χ0v) is 26.3. The summed E-state index contributed by atoms with van der Waals surface area (Å²) in [4.78, 5) is 2.38. The maximum absolute atomic E-state index is 6.78. The van der Waals surface area contributed by atoms with Crippen molar-refractivity contribution in [2.24, 2.45) is 0 Å². The van der Waals surface area contributed by atoms with Gasteiger partial charge in [0.25, 0.3) is 0 Å². The van der Waals surface area contributed by atoms with Crippen LogP contribution in [0.15, 0.2) is 192 Å². The molecule has 0 atom stereocenters. The van der Waals surface area contributed by atoms with Crippen molar-refractivity contribution in [1.29, 1.82) is 0 Å². The Balaban J connectivity index is 1.34. The predicted molar refractivity (Wildman–Crippen MR) is 202 cm³/mol. The molecular weight excluding hydrogens is 583 g/mol. The number of hydrogen-bond donors (Lipinski definition) is 0. The zero-order valence-electron chi connectivity index (χ0n) is 26.3. The lowest BCUT2D eigenvalue weighted by molar-refractivity contribution is 0.672. The lowest BCUT2D eigenvalue weighted by Crippen LogP contribution is -2.10. The highest BCUT2D eigenvalue weighted by Crippen LogP contribution is 2.47. The average Bonchev–Trinajstić information content (AvgIpc) is 3.56. The third-order valence-electron chi connectivity index (χ3n) is 9.23. The lowest BCUT2D eigenvalue weighted by Gasteiger charge is -2.27. The molecule has 1 heterocycles. The minimum absolute atomic E-state index is 0.862. The molecule has 0 aliphatic carbocycles. The topological polar surface area (TPSA) is 16.4 Å². The summed E-state index contributed by atoms with van der Waals surface area (Å²) < 4.78 is 6.78. The van der Waals surface area contributed by atoms with Gasteiger partial charge in [0.15, 0.2) is 0 Å². The van der Waals surface area contributed by atoms with Crippen molar-refractivity contribution in [3.05, 3.63) is 188 Å². The number of benzene rings is 8. The van der Waals surface area contributed by atoms with E-state index in [4.69, 9.17) is 4.42 Å². The normalized spacial score (nSPS) is 11.3. The van der Waals surface area contributed by atoms with Crippen LogP contribution in [-0.4, -0.2) is 0 Å². The molecule has 0 saturated carbocycles. The van der Waals surface area contributed by atoms with Crippen LogP contribution in [0.4, 0.5) is 17.1 Å². The summed E-state index contributed by atoms with van der Waals surface area (Å²) >= 11 is 0. The first-order valence-corrected chi connectivity index (χ1v) is 16.4. The molecule has 0 spiro atoms. The Morgan fingerprint density at radius 1 is 0.354 bits per heavy atom. The van der Waals surface area contributed by atoms with Crippen molar-refractivity contribution in [3.63, 3.8) is 0 Å². The highest BCUT2D eigenvalue weighted by Gasteiger charge is 2.22. The number of rotatable bonds is 6. The first-order chi connectivity index (χ1) is 23.8. The molecule has 9 aromatic rings. The molecular formula is C46H31NO. The molecule has 8 aromatic carbocycles. The highest BCUT2D eigenvalue weighted by atomic mass is 16.3. The minimum Gasteiger partial charge on any atom is -0.455 e. The van der Waals surface area contributed by atoms with E-state index in [0.717, 1.165) is 44.4 Å². The van der Waals surface area contributed by atoms with Crippen molar-refractivity contribution in [2.45, 2.75) is 0 Å². The van der Waals surface area contributed by atoms with E-state index in [1.807, 2.05) is 0 Å². The average molecular weight is 614 g/mol. The van der Waals surface area contributed by atoms with Gasteiger partial charge in [0.2, 0.25) is 0 Å². The largest absolute Gasteiger partial charge is 0.455 e. The summed E-state index contributed by atoms with van der Waals surface area (Å²) in [6.07, 6.45) is 0. The molecule has 9 rings (SSSR count). The molecule has 0 unspecified atom stereocenters. The van der Waals surface area contributed by atoms with E-state index in [1.165, 1.54) is 38.8 Å². The van der Waals surface area contributed by atoms with E-state index in [1.54, 1.807) is 0 Å². The van der Waals surface area contributed by atoms with Crippen LogP contribution in [0.5, 0.6) is 0 Å². The molecule has 0 N–H and O–H groups in total. The Kier molecular flexibility index (Phi) is 6.84. The quantitative estimate of drug-likeness (QED) is 0.185. The molecule has 0 amide bonds. The summed E-state index contributed by atoms with van der Waals surface area (Å²) in [5.41, 5.74) is 12.1. The van der Waals surface area contributed by atoms with Crippen molar-refractivity contribution in [1.82, 2.24) is 0 Å². The standard InChI is InChI=1S/C46H31NO/c1-4-15-32(16-5-1)35-21-12-23-37(29-35)47(38-24-13-22-36(30-38)33-17-6-2-7-18-33)43-27-14-28-44-45(43)42-31-41(34-19-8-3-9-20-34)39-25-10-11-26-40(39)46(42)48-44/h1-31H. The molecule has 0 bridgehead atoms. The number of furan rings is 1. The molecule has 0 fully saturated rings. The van der Waals surface area contributed by atoms with Crippen LogP contribution in [0, 0.1) is 0 Å². The minimum atomic E-state index is 0.862. The molecule has 0 aliphatic rings. The second-order valence-corrected chi connectivity index (χ2v) is 12.1. The van der Waals surface area contributed by atoms with Crippen LogP contribution in [-0.2, 0) is 0 Å². The molecule has 48 heavy (non-hydrogen) atoms. The molecule has 226 valence electrons. The van der Waals surface area contributed by atoms with Gasteiger partial charge in [-0.15, -0.1) is 0 Å². The van der Waals surface area contributed by atoms with Crippen LogP contribution in [0.3, 0.4) is 0 Å². The van der Waals surface area contributed by atoms with Crippen LogP contribution in [0.2, 0.25) is 0 Å². The van der Waals surface area contributed by atoms with E-state index in [-0.39, 0.29) is 0 Å². The first-order valence-electron chi connectivity index (χ1n) is 16.4. The van der Waals surface area contributed by atoms with E-state index in [0.29, 0.717) is 0 Å². The molecule has 0 radical (unpaired) electrons. The van der Waals surface area contributed by atoms with Gasteiger partial charge in [0, 0.05) is 22.1 Å². The molecule has 2 heteroatoms. The smallest absolute Gasteiger partial charge is 0.143 e. The summed E-state index contributed by atoms with van der Waals surface area (Å²) in [6.45, 7) is 0. The van der Waals surface area contributed by atoms with Crippen LogP contribution in [0.25, 0.3) is 66.1 Å². The number of hydrogen-bond acceptors (Lipinski definition) is 2. The van der Waals surface area contributed by atoms with Crippen molar-refractivity contribution >= 4 is 49.8 Å². The maximum atomic E-state index is 6.78. The van der Waals surface area contributed by atoms with Crippen LogP contribution < -0.4 is 4.90 Å². The van der Waals surface area contributed by atoms with Crippen molar-refractivity contribution in [3.8, 4) is 33.4 Å². The number of nitrogens with zero attached hydrogens (tertiary/aromatic N) is 1. The lowest BCUT2D eigenvalue weighted by atomic mass is 9.95. The zero-order chi connectivity index (χ0) is 31.9. The summed E-state index contributed by atoms with van der Waals surface area (Å²) in [5, 5.41) is 4.48. The van der Waals surface area contributed by atoms with E-state index in [9.17, 15) is 0 Å². The van der Waals surface area contributed by atoms with Crippen LogP contribution >= 0.6 is 0 Å². The Bertz CT molecular complexity index is 2470. The monoisotopic (exact) mass is 613 g/mol. The first kappa shape index (κ1) is 27.9. The molecule has 2 nitrogen and oxygen atoms in total. The van der Waals surface area contributed by atoms with Crippen molar-refractivity contribution in [2.75, 3.05) is 4.90 Å². The predicted octanol–water partition coefficient (Wildman–Crippen LogP) is 13.2. The van der Waals surface area contributed by atoms with Gasteiger partial charge in [-0.1, -0.05) is 146 Å². The van der Waals surface area contributed by atoms with E-state index in [2.05, 4.69) is 193 Å². The van der Waals surface area contributed by atoms with Gasteiger partial charge in [-0.25, -0.2) is 0 Å². The van der Waals surface area contributed by atoms with Gasteiger partial charge in [0.05, 0.1) is 11.1 Å². The molecule has 0 saturated heterocycles. The Labute approximate surface area is 279 Å². The summed E-state index contributed by atoms with van der Waals surface area (Å²) in [7, 11) is 0. The second kappa shape index (κ2) is 11.8. The Morgan fingerprint density at radius 3 is 1.46 bits per heavy atom. The fourth-order valence-electron chi connectivity index (χ4n) is 7.01. The fraction of sp³-hybridized carbons (Fsp3) is 0. The van der Waals surface area contributed by atoms with Gasteiger partial charge in [-0.05, 0) is 81.2 Å². The highest BCUT2D eigenvalue weighted by molar-refractivity contribution is 6.22. The SMILES string of the molecule is c1ccc(-c2cccc(N(c3cccc(-c4ccccc4)c3)c3cccc4oc5c6ccccc6c(-c6ccccc6)cc5c34)c2)cc1. The third-order valence-corrected chi connectivity index (χ3v) is 9.23. The Hall–Kier alpha value is -6.38. The van der Waals surface area contributed by atoms with Gasteiger partial charge >= 0.3 is 0 Å². The summed E-state index contributed by atoms with van der Waals surface area (Å²) in [5.74, 6) is 0. The number of anilines is 3. The second-order valence-electron chi connectivity index (χ2n) is 12.1. The van der Waals surface area contributed by atoms with Crippen LogP contribution in [0.1, 0.15) is 0 Å². The van der Waals surface area contributed by atoms with Crippen molar-refractivity contribution < 1.29 is 4.42 Å². The molecule has 1 aromatic heterocycles. The number of fused-ring (bicyclic) bond motifs is 5. The van der Waals surface area contributed by atoms with Gasteiger partial charge in [-0.2, -0.15) is 0 Å². The van der Waals surface area contributed by atoms with E-state index < -0.39 is 0 Å². The van der Waals surface area contributed by atoms with Gasteiger partial charge in [0.1, 0.15) is 11.2 Å². The van der Waals surface area contributed by atoms with Gasteiger partial charge in [-0.3, -0.25) is 0 Å².